The number of hydrogen-bond acceptors (Lipinski definition) is 8. The average Bonchev–Trinajstić information content (AvgIpc) is 3.52. The number of aryl methyl sites for hydroxylation is 1. The summed E-state index contributed by atoms with van der Waals surface area (Å²) >= 11 is 1.77. The molecule has 3 aromatic heterocycles. The van der Waals surface area contributed by atoms with Crippen LogP contribution in [0.4, 0.5) is 17.2 Å². The maximum Gasteiger partial charge on any atom is 0.229 e. The first-order chi connectivity index (χ1) is 16.5. The summed E-state index contributed by atoms with van der Waals surface area (Å²) in [6.07, 6.45) is 6.50. The summed E-state index contributed by atoms with van der Waals surface area (Å²) in [5, 5.41) is 20.9. The van der Waals surface area contributed by atoms with E-state index in [1.807, 2.05) is 43.8 Å². The normalized spacial score (nSPS) is 18.9. The summed E-state index contributed by atoms with van der Waals surface area (Å²) in [6, 6.07) is 5.76. The van der Waals surface area contributed by atoms with Crippen molar-refractivity contribution in [2.45, 2.75) is 24.3 Å². The van der Waals surface area contributed by atoms with E-state index in [0.29, 0.717) is 17.0 Å². The molecule has 2 aliphatic rings. The number of amides is 1. The van der Waals surface area contributed by atoms with Crippen molar-refractivity contribution in [3.63, 3.8) is 0 Å². The molecule has 4 N–H and O–H groups in total. The molecule has 0 spiro atoms. The molecule has 34 heavy (non-hydrogen) atoms. The number of nitrogens with two attached hydrogens (primary N) is 1. The van der Waals surface area contributed by atoms with E-state index in [9.17, 15) is 4.79 Å². The number of benzene rings is 1. The number of nitrogen functional groups attached to an aromatic ring is 1. The van der Waals surface area contributed by atoms with E-state index in [0.717, 1.165) is 57.1 Å². The van der Waals surface area contributed by atoms with Crippen molar-refractivity contribution < 1.29 is 4.79 Å². The fourth-order valence-electron chi connectivity index (χ4n) is 4.62. The molecule has 0 unspecified atom stereocenters. The number of hydrogen-bond donors (Lipinski definition) is 3. The van der Waals surface area contributed by atoms with E-state index in [1.54, 1.807) is 16.4 Å². The monoisotopic (exact) mass is 472 g/mol. The first-order valence-corrected chi connectivity index (χ1v) is 12.2. The number of aromatic nitrogens is 5. The van der Waals surface area contributed by atoms with Crippen LogP contribution in [0.1, 0.15) is 23.5 Å². The predicted octanol–water partition coefficient (Wildman–Crippen LogP) is 3.58. The van der Waals surface area contributed by atoms with Crippen LogP contribution in [0.25, 0.3) is 22.0 Å². The van der Waals surface area contributed by atoms with Gasteiger partial charge < -0.3 is 16.4 Å². The molecule has 0 saturated heterocycles. The van der Waals surface area contributed by atoms with Gasteiger partial charge in [-0.25, -0.2) is 4.98 Å². The molecule has 1 amide bonds. The van der Waals surface area contributed by atoms with Gasteiger partial charge in [-0.1, -0.05) is 0 Å². The molecule has 1 saturated carbocycles. The summed E-state index contributed by atoms with van der Waals surface area (Å²) in [5.41, 5.74) is 12.8. The number of carbonyl (C=O) groups excluding carboxylic acids is 1. The van der Waals surface area contributed by atoms with Crippen LogP contribution in [0, 0.1) is 12.8 Å². The minimum absolute atomic E-state index is 0.0510. The van der Waals surface area contributed by atoms with Crippen molar-refractivity contribution >= 4 is 45.8 Å². The van der Waals surface area contributed by atoms with Crippen molar-refractivity contribution in [3.8, 4) is 11.1 Å². The molecule has 4 heterocycles. The molecule has 172 valence electrons. The van der Waals surface area contributed by atoms with Crippen molar-refractivity contribution in [3.05, 3.63) is 47.9 Å². The Hall–Kier alpha value is -3.66. The van der Waals surface area contributed by atoms with Gasteiger partial charge in [-0.15, -0.1) is 22.0 Å². The second kappa shape index (κ2) is 7.98. The number of anilines is 3. The summed E-state index contributed by atoms with van der Waals surface area (Å²) < 4.78 is 1.76. The Bertz CT molecular complexity index is 1450. The van der Waals surface area contributed by atoms with Crippen molar-refractivity contribution in [1.82, 2.24) is 25.0 Å². The largest absolute Gasteiger partial charge is 0.397 e. The van der Waals surface area contributed by atoms with E-state index in [-0.39, 0.29) is 17.7 Å². The fourth-order valence-corrected chi connectivity index (χ4v) is 5.51. The van der Waals surface area contributed by atoms with Gasteiger partial charge in [0.2, 0.25) is 5.91 Å². The molecule has 1 fully saturated rings. The average molecular weight is 473 g/mol. The van der Waals surface area contributed by atoms with Gasteiger partial charge in [-0.2, -0.15) is 5.10 Å². The van der Waals surface area contributed by atoms with Crippen molar-refractivity contribution in [1.29, 1.82) is 0 Å². The minimum atomic E-state index is -0.0762. The molecule has 1 aliphatic carbocycles. The lowest BCUT2D eigenvalue weighted by molar-refractivity contribution is -0.117. The van der Waals surface area contributed by atoms with Gasteiger partial charge >= 0.3 is 0 Å². The van der Waals surface area contributed by atoms with Crippen molar-refractivity contribution in [2.75, 3.05) is 28.7 Å². The molecule has 10 heteroatoms. The van der Waals surface area contributed by atoms with Crippen LogP contribution < -0.4 is 16.4 Å². The van der Waals surface area contributed by atoms with Crippen LogP contribution in [0.3, 0.4) is 0 Å². The van der Waals surface area contributed by atoms with E-state index >= 15 is 0 Å². The van der Waals surface area contributed by atoms with Crippen LogP contribution in [-0.2, 0) is 11.8 Å². The molecule has 0 radical (unpaired) electrons. The second-order valence-corrected chi connectivity index (χ2v) is 9.95. The third-order valence-corrected chi connectivity index (χ3v) is 7.50. The first-order valence-electron chi connectivity index (χ1n) is 11.2. The summed E-state index contributed by atoms with van der Waals surface area (Å²) in [4.78, 5) is 17.4. The Morgan fingerprint density at radius 2 is 2.15 bits per heavy atom. The Labute approximate surface area is 200 Å². The number of nitrogens with one attached hydrogen (secondary N) is 2. The van der Waals surface area contributed by atoms with E-state index in [2.05, 4.69) is 37.8 Å². The fraction of sp³-hybridized carbons (Fsp3) is 0.292. The summed E-state index contributed by atoms with van der Waals surface area (Å²) in [7, 11) is 1.88. The molecule has 0 bridgehead atoms. The zero-order chi connectivity index (χ0) is 23.4. The van der Waals surface area contributed by atoms with Crippen LogP contribution >= 0.6 is 11.8 Å². The SMILES string of the molecule is Cc1c(-c2cc(N)c3nnc(NC(=O)[C@H]4C[C@@H]4c4cnn(C)c4)cc3c2)cnc2c1NCCS2. The number of rotatable bonds is 4. The highest BCUT2D eigenvalue weighted by Crippen LogP contribution is 2.47. The van der Waals surface area contributed by atoms with E-state index in [4.69, 9.17) is 5.73 Å². The molecule has 2 atom stereocenters. The lowest BCUT2D eigenvalue weighted by Gasteiger charge is -2.21. The highest BCUT2D eigenvalue weighted by Gasteiger charge is 2.44. The van der Waals surface area contributed by atoms with Crippen LogP contribution in [0.15, 0.2) is 41.8 Å². The molecule has 1 aromatic carbocycles. The number of pyridine rings is 1. The standard InChI is InChI=1S/C24H24N8OS/c1-12-18(10-27-24-21(12)26-3-4-34-24)13-5-14-7-20(30-31-22(14)19(25)6-13)29-23(33)17-8-16(17)15-9-28-32(2)11-15/h5-7,9-11,16-17,26H,3-4,8,25H2,1-2H3,(H,29,30,33)/t16-,17+/m1/s1. The second-order valence-electron chi connectivity index (χ2n) is 8.87. The molecular weight excluding hydrogens is 448 g/mol. The van der Waals surface area contributed by atoms with Gasteiger partial charge in [-0.05, 0) is 54.2 Å². The smallest absolute Gasteiger partial charge is 0.229 e. The quantitative estimate of drug-likeness (QED) is 0.385. The van der Waals surface area contributed by atoms with Crippen LogP contribution in [-0.4, -0.2) is 43.2 Å². The van der Waals surface area contributed by atoms with E-state index < -0.39 is 0 Å². The Morgan fingerprint density at radius 1 is 1.26 bits per heavy atom. The predicted molar refractivity (Wildman–Crippen MR) is 134 cm³/mol. The zero-order valence-electron chi connectivity index (χ0n) is 18.9. The number of carbonyl (C=O) groups is 1. The van der Waals surface area contributed by atoms with Gasteiger partial charge in [-0.3, -0.25) is 9.48 Å². The third-order valence-electron chi connectivity index (χ3n) is 6.51. The van der Waals surface area contributed by atoms with Crippen LogP contribution in [0.5, 0.6) is 0 Å². The molecular formula is C24H24N8OS. The first kappa shape index (κ1) is 20.9. The minimum Gasteiger partial charge on any atom is -0.397 e. The maximum absolute atomic E-state index is 12.8. The van der Waals surface area contributed by atoms with Gasteiger partial charge in [0, 0.05) is 48.6 Å². The van der Waals surface area contributed by atoms with E-state index in [1.165, 1.54) is 0 Å². The van der Waals surface area contributed by atoms with Gasteiger partial charge in [0.05, 0.1) is 17.6 Å². The molecule has 1 aliphatic heterocycles. The Morgan fingerprint density at radius 3 is 2.97 bits per heavy atom. The number of thioether (sulfide) groups is 1. The lowest BCUT2D eigenvalue weighted by Crippen LogP contribution is -2.16. The van der Waals surface area contributed by atoms with Gasteiger partial charge in [0.25, 0.3) is 0 Å². The highest BCUT2D eigenvalue weighted by atomic mass is 32.2. The maximum atomic E-state index is 12.8. The number of fused-ring (bicyclic) bond motifs is 2. The molecule has 9 nitrogen and oxygen atoms in total. The molecule has 4 aromatic rings. The Kier molecular flexibility index (Phi) is 4.91. The topological polar surface area (TPSA) is 124 Å². The number of nitrogens with zero attached hydrogens (tertiary/aromatic N) is 5. The zero-order valence-corrected chi connectivity index (χ0v) is 19.7. The highest BCUT2D eigenvalue weighted by molar-refractivity contribution is 7.99. The van der Waals surface area contributed by atoms with Crippen LogP contribution in [0.2, 0.25) is 0 Å². The third kappa shape index (κ3) is 3.63. The molecule has 6 rings (SSSR count). The van der Waals surface area contributed by atoms with Gasteiger partial charge in [0.1, 0.15) is 10.5 Å². The summed E-state index contributed by atoms with van der Waals surface area (Å²) in [6.45, 7) is 3.02. The Balaban J connectivity index is 1.28. The van der Waals surface area contributed by atoms with Crippen molar-refractivity contribution in [2.24, 2.45) is 13.0 Å². The lowest BCUT2D eigenvalue weighted by atomic mass is 9.99. The summed E-state index contributed by atoms with van der Waals surface area (Å²) in [5.74, 6) is 1.51. The van der Waals surface area contributed by atoms with Gasteiger partial charge in [0.15, 0.2) is 5.82 Å².